The number of carbonyl (C=O) groups is 1. The Morgan fingerprint density at radius 1 is 1.11 bits per heavy atom. The summed E-state index contributed by atoms with van der Waals surface area (Å²) >= 11 is 0. The van der Waals surface area contributed by atoms with Gasteiger partial charge in [0.1, 0.15) is 0 Å². The summed E-state index contributed by atoms with van der Waals surface area (Å²) in [6, 6.07) is 0. The number of nitrogens with two attached hydrogens (primary N) is 1. The molecule has 3 nitrogen and oxygen atoms in total. The van der Waals surface area contributed by atoms with Crippen LogP contribution in [0, 0.1) is 17.8 Å². The van der Waals surface area contributed by atoms with Gasteiger partial charge < -0.3 is 11.1 Å². The van der Waals surface area contributed by atoms with Gasteiger partial charge in [0.15, 0.2) is 0 Å². The van der Waals surface area contributed by atoms with Crippen LogP contribution in [0.2, 0.25) is 0 Å². The molecule has 2 unspecified atom stereocenters. The predicted octanol–water partition coefficient (Wildman–Crippen LogP) is 2.59. The van der Waals surface area contributed by atoms with Crippen molar-refractivity contribution >= 4 is 5.91 Å². The minimum Gasteiger partial charge on any atom is -0.349 e. The summed E-state index contributed by atoms with van der Waals surface area (Å²) in [5, 5.41) is 3.31. The smallest absolute Gasteiger partial charge is 0.223 e. The Morgan fingerprint density at radius 3 is 2.42 bits per heavy atom. The van der Waals surface area contributed by atoms with E-state index in [0.29, 0.717) is 24.3 Å². The van der Waals surface area contributed by atoms with Gasteiger partial charge in [-0.2, -0.15) is 0 Å². The van der Waals surface area contributed by atoms with Crippen LogP contribution < -0.4 is 11.1 Å². The van der Waals surface area contributed by atoms with Gasteiger partial charge in [-0.25, -0.2) is 0 Å². The molecule has 3 rings (SSSR count). The van der Waals surface area contributed by atoms with Gasteiger partial charge in [-0.3, -0.25) is 4.79 Å². The van der Waals surface area contributed by atoms with Crippen LogP contribution in [0.5, 0.6) is 0 Å². The van der Waals surface area contributed by atoms with Crippen molar-refractivity contribution in [3.05, 3.63) is 0 Å². The van der Waals surface area contributed by atoms with Crippen LogP contribution in [-0.2, 0) is 4.79 Å². The fourth-order valence-corrected chi connectivity index (χ4v) is 4.39. The van der Waals surface area contributed by atoms with Gasteiger partial charge >= 0.3 is 0 Å². The number of hydrogen-bond donors (Lipinski definition) is 2. The molecule has 3 aliphatic rings. The summed E-state index contributed by atoms with van der Waals surface area (Å²) in [6.07, 6.45) is 12.6. The lowest BCUT2D eigenvalue weighted by molar-refractivity contribution is -0.124. The van der Waals surface area contributed by atoms with Crippen molar-refractivity contribution < 1.29 is 4.79 Å². The molecule has 0 aromatic rings. The quantitative estimate of drug-likeness (QED) is 0.820. The molecular formula is C16H28N2O. The van der Waals surface area contributed by atoms with Crippen LogP contribution >= 0.6 is 0 Å². The number of amides is 1. The molecule has 19 heavy (non-hydrogen) atoms. The molecule has 3 fully saturated rings. The second kappa shape index (κ2) is 5.43. The van der Waals surface area contributed by atoms with Gasteiger partial charge in [0.05, 0.1) is 5.54 Å². The SMILES string of the molecule is NCC1(NC(=O)C2CC2C2CCCCC2)CCCC1. The fourth-order valence-electron chi connectivity index (χ4n) is 4.39. The highest BCUT2D eigenvalue weighted by molar-refractivity contribution is 5.82. The Labute approximate surface area is 116 Å². The lowest BCUT2D eigenvalue weighted by Gasteiger charge is -2.29. The zero-order valence-corrected chi connectivity index (χ0v) is 12.0. The lowest BCUT2D eigenvalue weighted by atomic mass is 9.85. The first-order valence-corrected chi connectivity index (χ1v) is 8.26. The average Bonchev–Trinajstić information content (AvgIpc) is 3.13. The third-order valence-electron chi connectivity index (χ3n) is 5.77. The van der Waals surface area contributed by atoms with Crippen molar-refractivity contribution in [3.63, 3.8) is 0 Å². The molecule has 2 atom stereocenters. The summed E-state index contributed by atoms with van der Waals surface area (Å²) in [7, 11) is 0. The highest BCUT2D eigenvalue weighted by Gasteiger charge is 2.49. The minimum atomic E-state index is -0.0587. The van der Waals surface area contributed by atoms with Crippen LogP contribution in [0.3, 0.4) is 0 Å². The molecule has 3 N–H and O–H groups in total. The molecule has 3 aliphatic carbocycles. The lowest BCUT2D eigenvalue weighted by Crippen LogP contribution is -2.52. The van der Waals surface area contributed by atoms with E-state index >= 15 is 0 Å². The number of hydrogen-bond acceptors (Lipinski definition) is 2. The maximum atomic E-state index is 12.4. The summed E-state index contributed by atoms with van der Waals surface area (Å²) in [5.74, 6) is 2.15. The van der Waals surface area contributed by atoms with E-state index < -0.39 is 0 Å². The van der Waals surface area contributed by atoms with Crippen LogP contribution in [-0.4, -0.2) is 18.0 Å². The highest BCUT2D eigenvalue weighted by Crippen LogP contribution is 2.49. The monoisotopic (exact) mass is 264 g/mol. The van der Waals surface area contributed by atoms with Gasteiger partial charge in [0, 0.05) is 12.5 Å². The normalized spacial score (nSPS) is 34.2. The van der Waals surface area contributed by atoms with Gasteiger partial charge in [-0.1, -0.05) is 44.9 Å². The Bertz CT molecular complexity index is 330. The molecule has 3 heteroatoms. The standard InChI is InChI=1S/C16H28N2O/c17-11-16(8-4-5-9-16)18-15(19)14-10-13(14)12-6-2-1-3-7-12/h12-14H,1-11,17H2,(H,18,19). The molecule has 3 saturated carbocycles. The van der Waals surface area contributed by atoms with Gasteiger partial charge in [-0.05, 0) is 31.1 Å². The number of rotatable bonds is 4. The summed E-state index contributed by atoms with van der Waals surface area (Å²) in [6.45, 7) is 0.611. The Morgan fingerprint density at radius 2 is 1.79 bits per heavy atom. The van der Waals surface area contributed by atoms with Crippen LogP contribution in [0.1, 0.15) is 64.2 Å². The second-order valence-corrected chi connectivity index (χ2v) is 7.08. The summed E-state index contributed by atoms with van der Waals surface area (Å²) in [4.78, 5) is 12.4. The molecule has 0 aliphatic heterocycles. The average molecular weight is 264 g/mol. The molecule has 0 spiro atoms. The first-order valence-electron chi connectivity index (χ1n) is 8.26. The first-order chi connectivity index (χ1) is 9.24. The third kappa shape index (κ3) is 2.81. The summed E-state index contributed by atoms with van der Waals surface area (Å²) in [5.41, 5.74) is 5.84. The number of nitrogens with one attached hydrogen (secondary N) is 1. The molecule has 0 aromatic heterocycles. The van der Waals surface area contributed by atoms with E-state index in [2.05, 4.69) is 5.32 Å². The van der Waals surface area contributed by atoms with E-state index in [4.69, 9.17) is 5.73 Å². The molecule has 1 amide bonds. The van der Waals surface area contributed by atoms with E-state index in [1.54, 1.807) is 0 Å². The third-order valence-corrected chi connectivity index (χ3v) is 5.77. The molecule has 0 heterocycles. The van der Waals surface area contributed by atoms with E-state index in [1.807, 2.05) is 0 Å². The van der Waals surface area contributed by atoms with Crippen molar-refractivity contribution in [2.24, 2.45) is 23.5 Å². The predicted molar refractivity (Wildman–Crippen MR) is 76.6 cm³/mol. The number of carbonyl (C=O) groups excluding carboxylic acids is 1. The van der Waals surface area contributed by atoms with Crippen molar-refractivity contribution in [1.29, 1.82) is 0 Å². The summed E-state index contributed by atoms with van der Waals surface area (Å²) < 4.78 is 0. The maximum absolute atomic E-state index is 12.4. The van der Waals surface area contributed by atoms with Crippen LogP contribution in [0.25, 0.3) is 0 Å². The van der Waals surface area contributed by atoms with E-state index in [-0.39, 0.29) is 5.54 Å². The fraction of sp³-hybridized carbons (Fsp3) is 0.938. The van der Waals surface area contributed by atoms with E-state index in [0.717, 1.165) is 25.2 Å². The second-order valence-electron chi connectivity index (χ2n) is 7.08. The van der Waals surface area contributed by atoms with Crippen molar-refractivity contribution in [2.75, 3.05) is 6.54 Å². The van der Waals surface area contributed by atoms with Gasteiger partial charge in [-0.15, -0.1) is 0 Å². The molecule has 0 saturated heterocycles. The van der Waals surface area contributed by atoms with Crippen molar-refractivity contribution in [1.82, 2.24) is 5.32 Å². The maximum Gasteiger partial charge on any atom is 0.223 e. The highest BCUT2D eigenvalue weighted by atomic mass is 16.2. The van der Waals surface area contributed by atoms with E-state index in [9.17, 15) is 4.79 Å². The van der Waals surface area contributed by atoms with Gasteiger partial charge in [0.25, 0.3) is 0 Å². The molecule has 0 radical (unpaired) electrons. The van der Waals surface area contributed by atoms with Crippen molar-refractivity contribution in [2.45, 2.75) is 69.7 Å². The van der Waals surface area contributed by atoms with Crippen molar-refractivity contribution in [3.8, 4) is 0 Å². The van der Waals surface area contributed by atoms with Gasteiger partial charge in [0.2, 0.25) is 5.91 Å². The molecular weight excluding hydrogens is 236 g/mol. The first kappa shape index (κ1) is 13.4. The van der Waals surface area contributed by atoms with E-state index in [1.165, 1.54) is 44.9 Å². The Balaban J connectivity index is 1.51. The minimum absolute atomic E-state index is 0.0587. The largest absolute Gasteiger partial charge is 0.349 e. The Hall–Kier alpha value is -0.570. The Kier molecular flexibility index (Phi) is 3.84. The zero-order valence-electron chi connectivity index (χ0n) is 12.0. The molecule has 0 aromatic carbocycles. The van der Waals surface area contributed by atoms with Crippen LogP contribution in [0.4, 0.5) is 0 Å². The molecule has 0 bridgehead atoms. The zero-order chi connectivity index (χ0) is 13.3. The molecule has 108 valence electrons. The topological polar surface area (TPSA) is 55.1 Å². The van der Waals surface area contributed by atoms with Crippen LogP contribution in [0.15, 0.2) is 0 Å².